The molecule has 1 heterocycles. The normalized spacial score (nSPS) is 55.3. The van der Waals surface area contributed by atoms with Gasteiger partial charge in [-0.2, -0.15) is 0 Å². The highest BCUT2D eigenvalue weighted by Gasteiger charge is 2.59. The Morgan fingerprint density at radius 3 is 2.13 bits per heavy atom. The molecule has 0 unspecified atom stereocenters. The van der Waals surface area contributed by atoms with E-state index in [0.717, 1.165) is 11.8 Å². The van der Waals surface area contributed by atoms with Crippen LogP contribution in [-0.4, -0.2) is 11.6 Å². The molecule has 0 aromatic rings. The Balaban J connectivity index is 1.76. The summed E-state index contributed by atoms with van der Waals surface area (Å²) in [5.74, 6) is 3.03. The minimum absolute atomic E-state index is 0.109. The lowest BCUT2D eigenvalue weighted by Gasteiger charge is -2.58. The van der Waals surface area contributed by atoms with Crippen LogP contribution in [0.5, 0.6) is 0 Å². The molecule has 2 heteroatoms. The maximum absolute atomic E-state index is 11.3. The van der Waals surface area contributed by atoms with Crippen LogP contribution < -0.4 is 0 Å². The van der Waals surface area contributed by atoms with Crippen LogP contribution in [0.1, 0.15) is 32.1 Å². The van der Waals surface area contributed by atoms with Gasteiger partial charge in [-0.05, 0) is 50.0 Å². The van der Waals surface area contributed by atoms with E-state index in [2.05, 4.69) is 6.08 Å². The first-order chi connectivity index (χ1) is 7.26. The van der Waals surface area contributed by atoms with Gasteiger partial charge < -0.3 is 4.74 Å². The third kappa shape index (κ3) is 0.932. The molecule has 0 N–H and O–H groups in total. The van der Waals surface area contributed by atoms with Crippen LogP contribution in [0.25, 0.3) is 0 Å². The molecule has 15 heavy (non-hydrogen) atoms. The Morgan fingerprint density at radius 2 is 1.67 bits per heavy atom. The topological polar surface area (TPSA) is 26.3 Å². The Kier molecular flexibility index (Phi) is 1.38. The fourth-order valence-corrected chi connectivity index (χ4v) is 4.80. The average molecular weight is 204 g/mol. The fourth-order valence-electron chi connectivity index (χ4n) is 4.80. The Hall–Kier alpha value is -0.790. The number of hydrogen-bond acceptors (Lipinski definition) is 2. The van der Waals surface area contributed by atoms with Crippen LogP contribution in [0.3, 0.4) is 0 Å². The van der Waals surface area contributed by atoms with Crippen molar-refractivity contribution in [1.82, 2.24) is 0 Å². The zero-order valence-corrected chi connectivity index (χ0v) is 8.82. The van der Waals surface area contributed by atoms with Gasteiger partial charge in [0.05, 0.1) is 0 Å². The number of ether oxygens (including phenoxy) is 1. The molecule has 4 saturated carbocycles. The van der Waals surface area contributed by atoms with E-state index in [4.69, 9.17) is 4.74 Å². The van der Waals surface area contributed by atoms with Gasteiger partial charge in [0.2, 0.25) is 0 Å². The maximum atomic E-state index is 11.3. The molecule has 80 valence electrons. The summed E-state index contributed by atoms with van der Waals surface area (Å²) in [5.41, 5.74) is -0.162. The molecular weight excluding hydrogens is 188 g/mol. The standard InChI is InChI=1S/C13H16O2/c14-12-1-2-13(15-12)10-4-8-3-9(6-10)7-11(13)5-8/h1-2,8-11H,3-7H2. The van der Waals surface area contributed by atoms with Gasteiger partial charge in [0.25, 0.3) is 0 Å². The van der Waals surface area contributed by atoms with Crippen LogP contribution in [-0.2, 0) is 9.53 Å². The van der Waals surface area contributed by atoms with Gasteiger partial charge in [-0.1, -0.05) is 0 Å². The molecule has 4 aliphatic carbocycles. The predicted molar refractivity (Wildman–Crippen MR) is 55.0 cm³/mol. The summed E-state index contributed by atoms with van der Waals surface area (Å²) in [6, 6.07) is 0. The molecule has 5 aliphatic rings. The number of carbonyl (C=O) groups is 1. The van der Waals surface area contributed by atoms with E-state index in [1.807, 2.05) is 0 Å². The summed E-state index contributed by atoms with van der Waals surface area (Å²) in [4.78, 5) is 11.3. The van der Waals surface area contributed by atoms with Crippen molar-refractivity contribution in [2.45, 2.75) is 37.7 Å². The van der Waals surface area contributed by atoms with Crippen molar-refractivity contribution in [3.63, 3.8) is 0 Å². The van der Waals surface area contributed by atoms with Crippen LogP contribution in [0.15, 0.2) is 12.2 Å². The Bertz CT molecular complexity index is 328. The SMILES string of the molecule is O=C1C=CC2(O1)C1CC3CC(C1)CC2C3. The smallest absolute Gasteiger partial charge is 0.331 e. The molecule has 0 atom stereocenters. The van der Waals surface area contributed by atoms with E-state index in [1.54, 1.807) is 6.08 Å². The quantitative estimate of drug-likeness (QED) is 0.566. The Morgan fingerprint density at radius 1 is 1.07 bits per heavy atom. The molecule has 1 spiro atoms. The van der Waals surface area contributed by atoms with Crippen LogP contribution in [0.4, 0.5) is 0 Å². The molecule has 0 saturated heterocycles. The number of hydrogen-bond donors (Lipinski definition) is 0. The monoisotopic (exact) mass is 204 g/mol. The highest BCUT2D eigenvalue weighted by molar-refractivity contribution is 5.85. The van der Waals surface area contributed by atoms with Crippen molar-refractivity contribution in [3.05, 3.63) is 12.2 Å². The summed E-state index contributed by atoms with van der Waals surface area (Å²) in [7, 11) is 0. The second kappa shape index (κ2) is 2.47. The van der Waals surface area contributed by atoms with E-state index < -0.39 is 0 Å². The highest BCUT2D eigenvalue weighted by Crippen LogP contribution is 2.60. The van der Waals surface area contributed by atoms with Gasteiger partial charge in [0.15, 0.2) is 0 Å². The minimum Gasteiger partial charge on any atom is -0.451 e. The van der Waals surface area contributed by atoms with Gasteiger partial charge in [-0.25, -0.2) is 4.79 Å². The molecule has 0 aromatic carbocycles. The van der Waals surface area contributed by atoms with Crippen molar-refractivity contribution in [3.8, 4) is 0 Å². The van der Waals surface area contributed by atoms with E-state index >= 15 is 0 Å². The second-order valence-corrected chi connectivity index (χ2v) is 5.91. The molecular formula is C13H16O2. The zero-order chi connectivity index (χ0) is 10.0. The predicted octanol–water partition coefficient (Wildman–Crippen LogP) is 2.29. The number of carbonyl (C=O) groups excluding carboxylic acids is 1. The second-order valence-electron chi connectivity index (χ2n) is 5.91. The molecule has 4 bridgehead atoms. The molecule has 5 rings (SSSR count). The largest absolute Gasteiger partial charge is 0.451 e. The van der Waals surface area contributed by atoms with E-state index in [9.17, 15) is 4.79 Å². The summed E-state index contributed by atoms with van der Waals surface area (Å²) in [5, 5.41) is 0. The summed E-state index contributed by atoms with van der Waals surface area (Å²) >= 11 is 0. The number of esters is 1. The van der Waals surface area contributed by atoms with Crippen molar-refractivity contribution < 1.29 is 9.53 Å². The van der Waals surface area contributed by atoms with E-state index in [0.29, 0.717) is 11.8 Å². The van der Waals surface area contributed by atoms with Crippen molar-refractivity contribution in [1.29, 1.82) is 0 Å². The Labute approximate surface area is 89.7 Å². The first-order valence-electron chi connectivity index (χ1n) is 6.18. The molecule has 4 fully saturated rings. The first kappa shape index (κ1) is 8.37. The summed E-state index contributed by atoms with van der Waals surface area (Å²) < 4.78 is 5.68. The van der Waals surface area contributed by atoms with Gasteiger partial charge in [0.1, 0.15) is 5.60 Å². The molecule has 0 amide bonds. The highest BCUT2D eigenvalue weighted by atomic mass is 16.6. The van der Waals surface area contributed by atoms with E-state index in [1.165, 1.54) is 32.1 Å². The summed E-state index contributed by atoms with van der Waals surface area (Å²) in [6.45, 7) is 0. The van der Waals surface area contributed by atoms with Gasteiger partial charge in [0, 0.05) is 17.9 Å². The van der Waals surface area contributed by atoms with Gasteiger partial charge >= 0.3 is 5.97 Å². The average Bonchev–Trinajstić information content (AvgIpc) is 2.57. The van der Waals surface area contributed by atoms with Crippen LogP contribution in [0.2, 0.25) is 0 Å². The van der Waals surface area contributed by atoms with Gasteiger partial charge in [-0.15, -0.1) is 0 Å². The summed E-state index contributed by atoms with van der Waals surface area (Å²) in [6.07, 6.45) is 10.4. The maximum Gasteiger partial charge on any atom is 0.331 e. The minimum atomic E-state index is -0.162. The third-order valence-corrected chi connectivity index (χ3v) is 5.17. The fraction of sp³-hybridized carbons (Fsp3) is 0.769. The lowest BCUT2D eigenvalue weighted by atomic mass is 9.50. The van der Waals surface area contributed by atoms with E-state index in [-0.39, 0.29) is 11.6 Å². The van der Waals surface area contributed by atoms with Crippen molar-refractivity contribution in [2.75, 3.05) is 0 Å². The van der Waals surface area contributed by atoms with Gasteiger partial charge in [-0.3, -0.25) is 0 Å². The first-order valence-corrected chi connectivity index (χ1v) is 6.18. The third-order valence-electron chi connectivity index (χ3n) is 5.17. The molecule has 0 aromatic heterocycles. The number of rotatable bonds is 0. The van der Waals surface area contributed by atoms with Crippen LogP contribution >= 0.6 is 0 Å². The lowest BCUT2D eigenvalue weighted by Crippen LogP contribution is -2.57. The molecule has 2 nitrogen and oxygen atoms in total. The molecule has 1 aliphatic heterocycles. The van der Waals surface area contributed by atoms with Crippen molar-refractivity contribution in [2.24, 2.45) is 23.7 Å². The lowest BCUT2D eigenvalue weighted by molar-refractivity contribution is -0.181. The van der Waals surface area contributed by atoms with Crippen LogP contribution in [0, 0.1) is 23.7 Å². The van der Waals surface area contributed by atoms with Crippen molar-refractivity contribution >= 4 is 5.97 Å². The molecule has 0 radical (unpaired) electrons. The zero-order valence-electron chi connectivity index (χ0n) is 8.82.